The Balaban J connectivity index is 1.78. The number of nitrogens with one attached hydrogen (secondary N) is 1. The van der Waals surface area contributed by atoms with E-state index in [1.165, 1.54) is 11.6 Å². The van der Waals surface area contributed by atoms with Crippen LogP contribution in [0.1, 0.15) is 31.2 Å². The van der Waals surface area contributed by atoms with Gasteiger partial charge in [-0.25, -0.2) is 0 Å². The Morgan fingerprint density at radius 1 is 1.32 bits per heavy atom. The molecule has 1 amide bonds. The van der Waals surface area contributed by atoms with E-state index in [2.05, 4.69) is 28.9 Å². The van der Waals surface area contributed by atoms with Crippen LogP contribution in [-0.4, -0.2) is 35.7 Å². The quantitative estimate of drug-likeness (QED) is 0.592. The van der Waals surface area contributed by atoms with Gasteiger partial charge in [-0.05, 0) is 37.4 Å². The molecule has 1 aromatic carbocycles. The van der Waals surface area contributed by atoms with E-state index in [4.69, 9.17) is 0 Å². The molecule has 1 atom stereocenters. The normalized spacial score (nSPS) is 18.1. The summed E-state index contributed by atoms with van der Waals surface area (Å²) in [5.41, 5.74) is 1.25. The molecule has 1 N–H and O–H groups in total. The van der Waals surface area contributed by atoms with Gasteiger partial charge in [-0.1, -0.05) is 36.9 Å². The first-order valence-electron chi connectivity index (χ1n) is 7.91. The molecule has 0 saturated carbocycles. The molecule has 118 valence electrons. The van der Waals surface area contributed by atoms with E-state index in [1.54, 1.807) is 0 Å². The zero-order chi connectivity index (χ0) is 15.8. The summed E-state index contributed by atoms with van der Waals surface area (Å²) in [6.45, 7) is 5.75. The molecule has 1 aromatic rings. The molecule has 0 radical (unpaired) electrons. The summed E-state index contributed by atoms with van der Waals surface area (Å²) in [7, 11) is 0. The van der Waals surface area contributed by atoms with Crippen LogP contribution in [0.25, 0.3) is 0 Å². The lowest BCUT2D eigenvalue weighted by molar-refractivity contribution is -0.124. The first kappa shape index (κ1) is 16.4. The van der Waals surface area contributed by atoms with Crippen LogP contribution in [0.15, 0.2) is 43.0 Å². The molecule has 1 saturated heterocycles. The molecule has 0 spiro atoms. The van der Waals surface area contributed by atoms with Crippen molar-refractivity contribution in [3.8, 4) is 0 Å². The van der Waals surface area contributed by atoms with Crippen LogP contribution in [0.2, 0.25) is 0 Å². The average Bonchev–Trinajstić information content (AvgIpc) is 3.00. The molecule has 1 fully saturated rings. The lowest BCUT2D eigenvalue weighted by Gasteiger charge is -2.23. The van der Waals surface area contributed by atoms with E-state index in [0.29, 0.717) is 25.2 Å². The second kappa shape index (κ2) is 8.49. The van der Waals surface area contributed by atoms with E-state index in [9.17, 15) is 9.59 Å². The third-order valence-corrected chi connectivity index (χ3v) is 4.05. The number of carbonyl (C=O) groups is 2. The van der Waals surface area contributed by atoms with Crippen LogP contribution in [0, 0.1) is 0 Å². The summed E-state index contributed by atoms with van der Waals surface area (Å²) in [6.07, 6.45) is 4.49. The predicted octanol–water partition coefficient (Wildman–Crippen LogP) is 2.30. The van der Waals surface area contributed by atoms with Gasteiger partial charge in [0, 0.05) is 19.5 Å². The van der Waals surface area contributed by atoms with Crippen LogP contribution in [0.4, 0.5) is 0 Å². The summed E-state index contributed by atoms with van der Waals surface area (Å²) in [5, 5.41) is 2.71. The fraction of sp³-hybridized carbons (Fsp3) is 0.444. The van der Waals surface area contributed by atoms with Crippen LogP contribution in [0.5, 0.6) is 0 Å². The Morgan fingerprint density at radius 2 is 2.09 bits per heavy atom. The van der Waals surface area contributed by atoms with E-state index < -0.39 is 0 Å². The average molecular weight is 300 g/mol. The van der Waals surface area contributed by atoms with Crippen LogP contribution < -0.4 is 5.32 Å². The SMILES string of the molecule is C=CC(=O)NCCCC(=O)C1CCCN1Cc1ccccc1. The lowest BCUT2D eigenvalue weighted by atomic mass is 10.0. The number of nitrogens with zero attached hydrogens (tertiary/aromatic N) is 1. The number of rotatable bonds is 8. The van der Waals surface area contributed by atoms with Crippen LogP contribution in [0.3, 0.4) is 0 Å². The van der Waals surface area contributed by atoms with Gasteiger partial charge in [0.15, 0.2) is 0 Å². The highest BCUT2D eigenvalue weighted by molar-refractivity contribution is 5.87. The third kappa shape index (κ3) is 4.81. The number of hydrogen-bond donors (Lipinski definition) is 1. The van der Waals surface area contributed by atoms with Gasteiger partial charge in [0.05, 0.1) is 6.04 Å². The number of likely N-dealkylation sites (tertiary alicyclic amines) is 1. The third-order valence-electron chi connectivity index (χ3n) is 4.05. The maximum absolute atomic E-state index is 12.4. The molecule has 4 nitrogen and oxygen atoms in total. The van der Waals surface area contributed by atoms with Gasteiger partial charge in [-0.2, -0.15) is 0 Å². The maximum Gasteiger partial charge on any atom is 0.243 e. The number of Topliss-reactive ketones (excluding diaryl/α,β-unsaturated/α-hetero) is 1. The fourth-order valence-corrected chi connectivity index (χ4v) is 2.91. The molecular formula is C18H24N2O2. The second-order valence-corrected chi connectivity index (χ2v) is 5.68. The molecule has 1 heterocycles. The second-order valence-electron chi connectivity index (χ2n) is 5.68. The minimum atomic E-state index is -0.181. The molecule has 2 rings (SSSR count). The van der Waals surface area contributed by atoms with E-state index in [-0.39, 0.29) is 11.9 Å². The van der Waals surface area contributed by atoms with Gasteiger partial charge in [-0.3, -0.25) is 14.5 Å². The standard InChI is InChI=1S/C18H24N2O2/c1-2-18(22)19-12-6-11-17(21)16-10-7-13-20(16)14-15-8-4-3-5-9-15/h2-5,8-9,16H,1,6-7,10-14H2,(H,19,22). The van der Waals surface area contributed by atoms with Crippen molar-refractivity contribution >= 4 is 11.7 Å². The summed E-state index contributed by atoms with van der Waals surface area (Å²) in [6, 6.07) is 10.3. The fourth-order valence-electron chi connectivity index (χ4n) is 2.91. The zero-order valence-electron chi connectivity index (χ0n) is 13.0. The van der Waals surface area contributed by atoms with Crippen molar-refractivity contribution in [3.63, 3.8) is 0 Å². The molecule has 0 bridgehead atoms. The van der Waals surface area contributed by atoms with E-state index in [1.807, 2.05) is 18.2 Å². The van der Waals surface area contributed by atoms with E-state index in [0.717, 1.165) is 25.9 Å². The monoisotopic (exact) mass is 300 g/mol. The van der Waals surface area contributed by atoms with Gasteiger partial charge in [0.25, 0.3) is 0 Å². The Bertz CT molecular complexity index is 513. The molecule has 1 aliphatic rings. The van der Waals surface area contributed by atoms with Gasteiger partial charge in [0.2, 0.25) is 5.91 Å². The van der Waals surface area contributed by atoms with Crippen molar-refractivity contribution in [1.82, 2.24) is 10.2 Å². The van der Waals surface area contributed by atoms with Gasteiger partial charge < -0.3 is 5.32 Å². The molecule has 1 aliphatic heterocycles. The summed E-state index contributed by atoms with van der Waals surface area (Å²) in [5.74, 6) is 0.111. The largest absolute Gasteiger partial charge is 0.353 e. The van der Waals surface area contributed by atoms with Crippen LogP contribution >= 0.6 is 0 Å². The molecule has 0 aromatic heterocycles. The zero-order valence-corrected chi connectivity index (χ0v) is 13.0. The first-order chi connectivity index (χ1) is 10.7. The van der Waals surface area contributed by atoms with Crippen molar-refractivity contribution in [2.24, 2.45) is 0 Å². The summed E-state index contributed by atoms with van der Waals surface area (Å²) < 4.78 is 0. The molecule has 22 heavy (non-hydrogen) atoms. The highest BCUT2D eigenvalue weighted by Crippen LogP contribution is 2.22. The number of amides is 1. The Morgan fingerprint density at radius 3 is 2.82 bits per heavy atom. The molecule has 4 heteroatoms. The smallest absolute Gasteiger partial charge is 0.243 e. The highest BCUT2D eigenvalue weighted by Gasteiger charge is 2.29. The Labute approximate surface area is 132 Å². The minimum absolute atomic E-state index is 0.0373. The molecule has 1 unspecified atom stereocenters. The van der Waals surface area contributed by atoms with Crippen LogP contribution in [-0.2, 0) is 16.1 Å². The number of ketones is 1. The molecular weight excluding hydrogens is 276 g/mol. The van der Waals surface area contributed by atoms with Crippen molar-refractivity contribution in [2.45, 2.75) is 38.3 Å². The summed E-state index contributed by atoms with van der Waals surface area (Å²) >= 11 is 0. The Kier molecular flexibility index (Phi) is 6.34. The first-order valence-corrected chi connectivity index (χ1v) is 7.91. The van der Waals surface area contributed by atoms with Crippen molar-refractivity contribution < 1.29 is 9.59 Å². The van der Waals surface area contributed by atoms with Crippen molar-refractivity contribution in [2.75, 3.05) is 13.1 Å². The highest BCUT2D eigenvalue weighted by atomic mass is 16.1. The topological polar surface area (TPSA) is 49.4 Å². The van der Waals surface area contributed by atoms with Crippen molar-refractivity contribution in [1.29, 1.82) is 0 Å². The number of benzene rings is 1. The van der Waals surface area contributed by atoms with Gasteiger partial charge >= 0.3 is 0 Å². The minimum Gasteiger partial charge on any atom is -0.353 e. The number of hydrogen-bond acceptors (Lipinski definition) is 3. The predicted molar refractivity (Wildman–Crippen MR) is 87.3 cm³/mol. The lowest BCUT2D eigenvalue weighted by Crippen LogP contribution is -2.36. The van der Waals surface area contributed by atoms with Crippen molar-refractivity contribution in [3.05, 3.63) is 48.6 Å². The number of carbonyl (C=O) groups excluding carboxylic acids is 2. The van der Waals surface area contributed by atoms with Gasteiger partial charge in [-0.15, -0.1) is 0 Å². The maximum atomic E-state index is 12.4. The van der Waals surface area contributed by atoms with E-state index >= 15 is 0 Å². The Hall–Kier alpha value is -1.94. The molecule has 0 aliphatic carbocycles. The summed E-state index contributed by atoms with van der Waals surface area (Å²) in [4.78, 5) is 25.7. The van der Waals surface area contributed by atoms with Gasteiger partial charge in [0.1, 0.15) is 5.78 Å².